The summed E-state index contributed by atoms with van der Waals surface area (Å²) in [6.07, 6.45) is 0. The number of aromatic nitrogens is 2. The molecule has 2 aromatic heterocycles. The second kappa shape index (κ2) is 11.6. The van der Waals surface area contributed by atoms with E-state index in [1.165, 1.54) is 37.7 Å². The normalized spacial score (nSPS) is 13.4. The molecule has 0 saturated carbocycles. The summed E-state index contributed by atoms with van der Waals surface area (Å²) < 4.78 is 8.97. The fourth-order valence-electron chi connectivity index (χ4n) is 9.18. The van der Waals surface area contributed by atoms with Crippen LogP contribution in [-0.2, 0) is 5.41 Å². The third kappa shape index (κ3) is 4.31. The van der Waals surface area contributed by atoms with E-state index in [2.05, 4.69) is 176 Å². The first-order valence-electron chi connectivity index (χ1n) is 18.7. The Balaban J connectivity index is 1.15. The largest absolute Gasteiger partial charge is 0.457 e. The Morgan fingerprint density at radius 3 is 1.87 bits per heavy atom. The zero-order valence-electron chi connectivity index (χ0n) is 29.5. The molecule has 55 heavy (non-hydrogen) atoms. The highest BCUT2D eigenvalue weighted by molar-refractivity contribution is 7.26. The number of rotatable bonds is 3. The SMILES string of the molecule is c1ccc(-c2nc(-c3ccccc3-c3ccc4c(c3)C3(c5ccccc5Oc5ccccc53)c3cc5ccccc5cc3-4)c3sc4ccccc4c3n2)cc1. The van der Waals surface area contributed by atoms with Crippen LogP contribution in [-0.4, -0.2) is 9.97 Å². The fraction of sp³-hybridized carbons (Fsp3) is 0.0196. The average molecular weight is 719 g/mol. The Morgan fingerprint density at radius 1 is 0.436 bits per heavy atom. The molecule has 3 heterocycles. The highest BCUT2D eigenvalue weighted by Crippen LogP contribution is 2.63. The van der Waals surface area contributed by atoms with Crippen molar-refractivity contribution in [3.8, 4) is 56.4 Å². The molecule has 0 saturated heterocycles. The molecule has 0 atom stereocenters. The molecule has 1 aliphatic heterocycles. The van der Waals surface area contributed by atoms with Gasteiger partial charge in [0, 0.05) is 32.3 Å². The molecule has 10 aromatic rings. The van der Waals surface area contributed by atoms with Crippen LogP contribution in [0, 0.1) is 0 Å². The predicted octanol–water partition coefficient (Wildman–Crippen LogP) is 13.5. The first kappa shape index (κ1) is 30.6. The lowest BCUT2D eigenvalue weighted by atomic mass is 9.65. The minimum atomic E-state index is -0.584. The summed E-state index contributed by atoms with van der Waals surface area (Å²) in [4.78, 5) is 10.6. The van der Waals surface area contributed by atoms with Gasteiger partial charge in [0.1, 0.15) is 11.5 Å². The van der Waals surface area contributed by atoms with Crippen molar-refractivity contribution in [1.29, 1.82) is 0 Å². The van der Waals surface area contributed by atoms with Gasteiger partial charge in [-0.3, -0.25) is 0 Å². The Kier molecular flexibility index (Phi) is 6.42. The molecule has 0 radical (unpaired) electrons. The zero-order valence-corrected chi connectivity index (χ0v) is 30.3. The monoisotopic (exact) mass is 718 g/mol. The molecule has 1 aliphatic carbocycles. The quantitative estimate of drug-likeness (QED) is 0.182. The number of benzene rings is 8. The van der Waals surface area contributed by atoms with E-state index in [0.29, 0.717) is 0 Å². The third-order valence-electron chi connectivity index (χ3n) is 11.6. The molecule has 0 amide bonds. The Morgan fingerprint density at radius 2 is 1.07 bits per heavy atom. The number of fused-ring (bicyclic) bond motifs is 13. The van der Waals surface area contributed by atoms with Gasteiger partial charge in [0.25, 0.3) is 0 Å². The molecule has 0 N–H and O–H groups in total. The van der Waals surface area contributed by atoms with Crippen LogP contribution in [0.2, 0.25) is 0 Å². The highest BCUT2D eigenvalue weighted by atomic mass is 32.1. The van der Waals surface area contributed by atoms with E-state index in [4.69, 9.17) is 14.7 Å². The molecule has 0 fully saturated rings. The molecule has 3 nitrogen and oxygen atoms in total. The van der Waals surface area contributed by atoms with E-state index in [-0.39, 0.29) is 0 Å². The van der Waals surface area contributed by atoms with Crippen molar-refractivity contribution in [2.75, 3.05) is 0 Å². The highest BCUT2D eigenvalue weighted by Gasteiger charge is 2.51. The van der Waals surface area contributed by atoms with Crippen molar-refractivity contribution < 1.29 is 4.74 Å². The first-order valence-corrected chi connectivity index (χ1v) is 19.5. The van der Waals surface area contributed by atoms with Crippen molar-refractivity contribution in [1.82, 2.24) is 9.97 Å². The third-order valence-corrected chi connectivity index (χ3v) is 12.7. The van der Waals surface area contributed by atoms with Gasteiger partial charge in [-0.15, -0.1) is 11.3 Å². The summed E-state index contributed by atoms with van der Waals surface area (Å²) in [5.74, 6) is 2.51. The minimum absolute atomic E-state index is 0.584. The summed E-state index contributed by atoms with van der Waals surface area (Å²) in [5, 5.41) is 3.62. The van der Waals surface area contributed by atoms with E-state index in [1.54, 1.807) is 11.3 Å². The van der Waals surface area contributed by atoms with Crippen LogP contribution in [0.1, 0.15) is 22.3 Å². The van der Waals surface area contributed by atoms with Crippen LogP contribution in [0.25, 0.3) is 76.0 Å². The van der Waals surface area contributed by atoms with E-state index in [1.807, 2.05) is 6.07 Å². The summed E-state index contributed by atoms with van der Waals surface area (Å²) in [6.45, 7) is 0. The summed E-state index contributed by atoms with van der Waals surface area (Å²) in [5.41, 5.74) is 13.1. The second-order valence-electron chi connectivity index (χ2n) is 14.4. The standard InChI is InChI=1S/C51H30N2OS/c1-2-14-31(15-3-1)50-52-47(49-48(53-50)38-20-8-13-25-46(38)55-49)37-19-7-6-18-35(37)34-26-27-36-39-28-32-16-4-5-17-33(32)29-43(39)51(42(36)30-34)40-21-9-11-23-44(40)54-45-24-12-10-22-41(45)51/h1-30H. The first-order chi connectivity index (χ1) is 27.3. The molecule has 4 heteroatoms. The topological polar surface area (TPSA) is 35.0 Å². The van der Waals surface area contributed by atoms with Crippen LogP contribution in [0.5, 0.6) is 11.5 Å². The summed E-state index contributed by atoms with van der Waals surface area (Å²) >= 11 is 1.77. The average Bonchev–Trinajstić information content (AvgIpc) is 3.76. The van der Waals surface area contributed by atoms with Crippen molar-refractivity contribution >= 4 is 42.4 Å². The smallest absolute Gasteiger partial charge is 0.160 e. The number of hydrogen-bond acceptors (Lipinski definition) is 4. The number of nitrogens with zero attached hydrogens (tertiary/aromatic N) is 2. The van der Waals surface area contributed by atoms with Crippen LogP contribution in [0.15, 0.2) is 182 Å². The summed E-state index contributed by atoms with van der Waals surface area (Å²) in [7, 11) is 0. The molecular weight excluding hydrogens is 689 g/mol. The van der Waals surface area contributed by atoms with Gasteiger partial charge in [0.15, 0.2) is 5.82 Å². The van der Waals surface area contributed by atoms with Crippen LogP contribution >= 0.6 is 11.3 Å². The second-order valence-corrected chi connectivity index (χ2v) is 15.5. The van der Waals surface area contributed by atoms with Crippen LogP contribution < -0.4 is 4.74 Å². The van der Waals surface area contributed by atoms with Gasteiger partial charge >= 0.3 is 0 Å². The molecule has 12 rings (SSSR count). The molecular formula is C51H30N2OS. The number of ether oxygens (including phenoxy) is 1. The maximum atomic E-state index is 6.67. The molecule has 1 spiro atoms. The van der Waals surface area contributed by atoms with E-state index in [9.17, 15) is 0 Å². The molecule has 8 aromatic carbocycles. The molecule has 0 unspecified atom stereocenters. The van der Waals surface area contributed by atoms with Gasteiger partial charge in [-0.25, -0.2) is 9.97 Å². The lowest BCUT2D eigenvalue weighted by molar-refractivity contribution is 0.436. The molecule has 0 bridgehead atoms. The van der Waals surface area contributed by atoms with Crippen LogP contribution in [0.4, 0.5) is 0 Å². The maximum absolute atomic E-state index is 6.67. The fourth-order valence-corrected chi connectivity index (χ4v) is 10.3. The van der Waals surface area contributed by atoms with Gasteiger partial charge in [-0.2, -0.15) is 0 Å². The minimum Gasteiger partial charge on any atom is -0.457 e. The Bertz CT molecular complexity index is 3150. The van der Waals surface area contributed by atoms with Crippen molar-refractivity contribution in [2.24, 2.45) is 0 Å². The lowest BCUT2D eigenvalue weighted by Crippen LogP contribution is -2.32. The Hall–Kier alpha value is -6.88. The van der Waals surface area contributed by atoms with Gasteiger partial charge in [0.05, 0.1) is 21.3 Å². The zero-order chi connectivity index (χ0) is 36.1. The van der Waals surface area contributed by atoms with E-state index < -0.39 is 5.41 Å². The van der Waals surface area contributed by atoms with E-state index in [0.717, 1.165) is 72.0 Å². The number of para-hydroxylation sites is 2. The van der Waals surface area contributed by atoms with Crippen LogP contribution in [0.3, 0.4) is 0 Å². The van der Waals surface area contributed by atoms with Crippen molar-refractivity contribution in [3.63, 3.8) is 0 Å². The summed E-state index contributed by atoms with van der Waals surface area (Å²) in [6, 6.07) is 65.4. The van der Waals surface area contributed by atoms with Crippen molar-refractivity contribution in [2.45, 2.75) is 5.41 Å². The van der Waals surface area contributed by atoms with Gasteiger partial charge in [-0.05, 0) is 80.6 Å². The van der Waals surface area contributed by atoms with Gasteiger partial charge in [-0.1, -0.05) is 146 Å². The predicted molar refractivity (Wildman–Crippen MR) is 226 cm³/mol. The van der Waals surface area contributed by atoms with Gasteiger partial charge < -0.3 is 4.74 Å². The number of hydrogen-bond donors (Lipinski definition) is 0. The lowest BCUT2D eigenvalue weighted by Gasteiger charge is -2.39. The maximum Gasteiger partial charge on any atom is 0.160 e. The number of thiophene rings is 1. The van der Waals surface area contributed by atoms with Crippen molar-refractivity contribution in [3.05, 3.63) is 204 Å². The van der Waals surface area contributed by atoms with Gasteiger partial charge in [0.2, 0.25) is 0 Å². The van der Waals surface area contributed by atoms with E-state index >= 15 is 0 Å². The molecule has 256 valence electrons. The Labute approximate surface area is 321 Å². The molecule has 2 aliphatic rings.